The molecular weight excluding hydrogens is 471 g/mol. The van der Waals surface area contributed by atoms with Crippen LogP contribution in [0.4, 0.5) is 0 Å². The summed E-state index contributed by atoms with van der Waals surface area (Å²) in [5.74, 6) is 0. The number of benzene rings is 5. The minimum atomic E-state index is -1.80. The summed E-state index contributed by atoms with van der Waals surface area (Å²) in [5, 5.41) is 7.05. The van der Waals surface area contributed by atoms with Gasteiger partial charge in [0.25, 0.3) is 0 Å². The van der Waals surface area contributed by atoms with Crippen molar-refractivity contribution < 1.29 is 17.0 Å². The number of fused-ring (bicyclic) bond motifs is 1. The predicted molar refractivity (Wildman–Crippen MR) is 138 cm³/mol. The lowest BCUT2D eigenvalue weighted by Gasteiger charge is -2.28. The largest absolute Gasteiger partial charge is 1.00 e. The van der Waals surface area contributed by atoms with Crippen molar-refractivity contribution in [3.8, 4) is 0 Å². The Kier molecular flexibility index (Phi) is 7.20. The van der Waals surface area contributed by atoms with E-state index in [2.05, 4.69) is 133 Å². The molecule has 0 nitrogen and oxygen atoms in total. The van der Waals surface area contributed by atoms with E-state index in [1.807, 2.05) is 0 Å². The van der Waals surface area contributed by atoms with E-state index >= 15 is 0 Å². The molecule has 0 atom stereocenters. The topological polar surface area (TPSA) is 0 Å². The average molecular weight is 497 g/mol. The van der Waals surface area contributed by atoms with E-state index in [0.29, 0.717) is 0 Å². The molecule has 0 heterocycles. The Hall–Kier alpha value is -2.73. The van der Waals surface area contributed by atoms with Gasteiger partial charge < -0.3 is 17.0 Å². The highest BCUT2D eigenvalue weighted by molar-refractivity contribution is 7.95. The first-order valence-electron chi connectivity index (χ1n) is 10.9. The van der Waals surface area contributed by atoms with Crippen molar-refractivity contribution in [3.63, 3.8) is 0 Å². The molecule has 0 aliphatic rings. The van der Waals surface area contributed by atoms with Crippen molar-refractivity contribution in [1.82, 2.24) is 0 Å². The summed E-state index contributed by atoms with van der Waals surface area (Å²) < 4.78 is 0. The Balaban J connectivity index is 0.00000245. The third-order valence-corrected chi connectivity index (χ3v) is 10.6. The molecule has 0 bridgehead atoms. The summed E-state index contributed by atoms with van der Waals surface area (Å²) in [6.07, 6.45) is 2.16. The third-order valence-electron chi connectivity index (χ3n) is 6.19. The van der Waals surface area contributed by atoms with E-state index in [1.165, 1.54) is 32.2 Å². The average Bonchev–Trinajstić information content (AvgIpc) is 2.86. The van der Waals surface area contributed by atoms with Gasteiger partial charge >= 0.3 is 0 Å². The van der Waals surface area contributed by atoms with Crippen molar-refractivity contribution in [1.29, 1.82) is 0 Å². The molecule has 0 N–H and O–H groups in total. The number of hydrogen-bond acceptors (Lipinski definition) is 0. The van der Waals surface area contributed by atoms with Gasteiger partial charge in [-0.3, -0.25) is 0 Å². The predicted octanol–water partition coefficient (Wildman–Crippen LogP) is 3.38. The summed E-state index contributed by atoms with van der Waals surface area (Å²) in [4.78, 5) is 0. The lowest BCUT2D eigenvalue weighted by atomic mass is 10.0. The van der Waals surface area contributed by atoms with Gasteiger partial charge in [-0.1, -0.05) is 97.1 Å². The molecule has 0 aromatic heterocycles. The van der Waals surface area contributed by atoms with E-state index in [4.69, 9.17) is 0 Å². The van der Waals surface area contributed by atoms with Crippen LogP contribution >= 0.6 is 7.26 Å². The molecule has 0 aliphatic carbocycles. The molecule has 5 aromatic carbocycles. The fourth-order valence-electron chi connectivity index (χ4n) is 4.68. The molecule has 2 heteroatoms. The van der Waals surface area contributed by atoms with E-state index in [0.717, 1.165) is 12.6 Å². The molecule has 5 aromatic rings. The third kappa shape index (κ3) is 4.29. The molecule has 0 aliphatic heterocycles. The molecule has 0 amide bonds. The van der Waals surface area contributed by atoms with E-state index in [-0.39, 0.29) is 17.0 Å². The van der Waals surface area contributed by atoms with Crippen molar-refractivity contribution in [3.05, 3.63) is 139 Å². The van der Waals surface area contributed by atoms with Gasteiger partial charge in [0.1, 0.15) is 23.2 Å². The highest BCUT2D eigenvalue weighted by atomic mass is 79.9. The van der Waals surface area contributed by atoms with Crippen molar-refractivity contribution in [2.24, 2.45) is 0 Å². The fraction of sp³-hybridized carbons (Fsp3) is 0.0667. The van der Waals surface area contributed by atoms with Crippen LogP contribution in [-0.4, -0.2) is 6.16 Å². The van der Waals surface area contributed by atoms with Gasteiger partial charge in [0.15, 0.2) is 0 Å². The molecule has 5 rings (SSSR count). The van der Waals surface area contributed by atoms with Crippen LogP contribution in [0.1, 0.15) is 5.56 Å². The van der Waals surface area contributed by atoms with Gasteiger partial charge in [0.05, 0.1) is 6.16 Å². The Morgan fingerprint density at radius 3 is 1.41 bits per heavy atom. The number of hydrogen-bond donors (Lipinski definition) is 0. The van der Waals surface area contributed by atoms with Gasteiger partial charge in [0, 0.05) is 6.42 Å². The van der Waals surface area contributed by atoms with Gasteiger partial charge in [-0.2, -0.15) is 0 Å². The zero-order valence-electron chi connectivity index (χ0n) is 17.9. The Labute approximate surface area is 202 Å². The van der Waals surface area contributed by atoms with Gasteiger partial charge in [-0.25, -0.2) is 0 Å². The maximum absolute atomic E-state index is 2.33. The maximum Gasteiger partial charge on any atom is 0.112 e. The molecule has 0 spiro atoms. The van der Waals surface area contributed by atoms with Crippen LogP contribution in [0.5, 0.6) is 0 Å². The summed E-state index contributed by atoms with van der Waals surface area (Å²) >= 11 is 0. The summed E-state index contributed by atoms with van der Waals surface area (Å²) in [5.41, 5.74) is 1.44. The normalized spacial score (nSPS) is 11.1. The smallest absolute Gasteiger partial charge is 0.112 e. The quantitative estimate of drug-likeness (QED) is 0.316. The second-order valence-corrected chi connectivity index (χ2v) is 11.5. The SMILES string of the molecule is [Br-].c1ccc([P+](CCc2cccc3ccccc23)(c2ccccc2)c2ccccc2)cc1. The van der Waals surface area contributed by atoms with Crippen molar-refractivity contribution in [2.45, 2.75) is 6.42 Å². The van der Waals surface area contributed by atoms with Crippen LogP contribution in [0.3, 0.4) is 0 Å². The molecule has 32 heavy (non-hydrogen) atoms. The van der Waals surface area contributed by atoms with Crippen LogP contribution in [0.15, 0.2) is 133 Å². The highest BCUT2D eigenvalue weighted by Gasteiger charge is 2.44. The molecular formula is C30H26BrP. The Bertz CT molecular complexity index is 1170. The first-order chi connectivity index (χ1) is 15.4. The second-order valence-electron chi connectivity index (χ2n) is 7.93. The summed E-state index contributed by atoms with van der Waals surface area (Å²) in [6, 6.07) is 49.0. The first kappa shape index (κ1) is 22.5. The van der Waals surface area contributed by atoms with Gasteiger partial charge in [0.2, 0.25) is 0 Å². The zero-order valence-corrected chi connectivity index (χ0v) is 20.4. The standard InChI is InChI=1S/C30H26P.BrH/c1-4-16-27(17-5-1)31(28-18-6-2-7-19-28,29-20-8-3-9-21-29)24-23-26-15-12-14-25-13-10-11-22-30(25)26;/h1-22H,23-24H2;1H/q+1;/p-1. The lowest BCUT2D eigenvalue weighted by Crippen LogP contribution is -3.00. The number of halogens is 1. The fourth-order valence-corrected chi connectivity index (χ4v) is 8.97. The molecule has 0 fully saturated rings. The number of rotatable bonds is 6. The first-order valence-corrected chi connectivity index (χ1v) is 12.9. The Morgan fingerprint density at radius 2 is 0.875 bits per heavy atom. The summed E-state index contributed by atoms with van der Waals surface area (Å²) in [7, 11) is -1.80. The van der Waals surface area contributed by atoms with E-state index in [1.54, 1.807) is 0 Å². The monoisotopic (exact) mass is 496 g/mol. The van der Waals surface area contributed by atoms with Gasteiger partial charge in [-0.15, -0.1) is 0 Å². The van der Waals surface area contributed by atoms with Crippen molar-refractivity contribution >= 4 is 33.9 Å². The van der Waals surface area contributed by atoms with Crippen LogP contribution < -0.4 is 32.9 Å². The minimum absolute atomic E-state index is 0. The summed E-state index contributed by atoms with van der Waals surface area (Å²) in [6.45, 7) is 0. The molecule has 0 radical (unpaired) electrons. The molecule has 0 unspecified atom stereocenters. The van der Waals surface area contributed by atoms with Crippen LogP contribution in [0.2, 0.25) is 0 Å². The van der Waals surface area contributed by atoms with Crippen molar-refractivity contribution in [2.75, 3.05) is 6.16 Å². The van der Waals surface area contributed by atoms with Crippen LogP contribution in [-0.2, 0) is 6.42 Å². The van der Waals surface area contributed by atoms with Crippen LogP contribution in [0, 0.1) is 0 Å². The van der Waals surface area contributed by atoms with E-state index < -0.39 is 7.26 Å². The number of aryl methyl sites for hydroxylation is 1. The Morgan fingerprint density at radius 1 is 0.438 bits per heavy atom. The lowest BCUT2D eigenvalue weighted by molar-refractivity contribution is -0.00000590. The highest BCUT2D eigenvalue weighted by Crippen LogP contribution is 2.55. The molecule has 0 saturated heterocycles. The zero-order chi connectivity index (χ0) is 20.9. The maximum atomic E-state index is 2.33. The molecule has 0 saturated carbocycles. The second kappa shape index (κ2) is 10.3. The van der Waals surface area contributed by atoms with Crippen LogP contribution in [0.25, 0.3) is 10.8 Å². The minimum Gasteiger partial charge on any atom is -1.00 e. The molecule has 158 valence electrons. The van der Waals surface area contributed by atoms with Gasteiger partial charge in [-0.05, 0) is 52.7 Å². The van der Waals surface area contributed by atoms with E-state index in [9.17, 15) is 0 Å².